The Hall–Kier alpha value is -2.92. The molecule has 148 valence electrons. The third-order valence-electron chi connectivity index (χ3n) is 5.28. The SMILES string of the molecule is O=C(c1ccc(=O)[nH]c1)N1CCC[C@H](c2cccc(Cc3ccc(Cl)cc3)n2)C1. The summed E-state index contributed by atoms with van der Waals surface area (Å²) in [7, 11) is 0. The van der Waals surface area contributed by atoms with Crippen LogP contribution in [0.1, 0.15) is 46.1 Å². The molecule has 1 N–H and O–H groups in total. The first-order valence-corrected chi connectivity index (χ1v) is 10.1. The Morgan fingerprint density at radius 1 is 1.14 bits per heavy atom. The van der Waals surface area contributed by atoms with Gasteiger partial charge in [0.05, 0.1) is 5.56 Å². The molecule has 3 heterocycles. The molecule has 1 aliphatic heterocycles. The zero-order chi connectivity index (χ0) is 20.2. The van der Waals surface area contributed by atoms with Crippen molar-refractivity contribution in [3.8, 4) is 0 Å². The van der Waals surface area contributed by atoms with Crippen LogP contribution < -0.4 is 5.56 Å². The smallest absolute Gasteiger partial charge is 0.255 e. The van der Waals surface area contributed by atoms with E-state index in [0.717, 1.165) is 47.8 Å². The van der Waals surface area contributed by atoms with E-state index in [1.165, 1.54) is 12.3 Å². The number of benzene rings is 1. The Balaban J connectivity index is 1.48. The van der Waals surface area contributed by atoms with Crippen LogP contribution in [-0.4, -0.2) is 33.9 Å². The zero-order valence-corrected chi connectivity index (χ0v) is 16.7. The minimum atomic E-state index is -0.209. The number of amides is 1. The topological polar surface area (TPSA) is 66.1 Å². The number of H-pyrrole nitrogens is 1. The number of hydrogen-bond donors (Lipinski definition) is 1. The monoisotopic (exact) mass is 407 g/mol. The first kappa shape index (κ1) is 19.4. The Morgan fingerprint density at radius 3 is 2.72 bits per heavy atom. The second-order valence-electron chi connectivity index (χ2n) is 7.39. The van der Waals surface area contributed by atoms with E-state index >= 15 is 0 Å². The largest absolute Gasteiger partial charge is 0.338 e. The van der Waals surface area contributed by atoms with Gasteiger partial charge in [-0.05, 0) is 48.7 Å². The summed E-state index contributed by atoms with van der Waals surface area (Å²) in [4.78, 5) is 33.3. The van der Waals surface area contributed by atoms with Gasteiger partial charge in [-0.25, -0.2) is 0 Å². The summed E-state index contributed by atoms with van der Waals surface area (Å²) in [6.45, 7) is 1.36. The number of hydrogen-bond acceptors (Lipinski definition) is 3. The molecule has 1 amide bonds. The number of carbonyl (C=O) groups excluding carboxylic acids is 1. The molecule has 1 saturated heterocycles. The van der Waals surface area contributed by atoms with Crippen LogP contribution in [0, 0.1) is 0 Å². The molecule has 0 aliphatic carbocycles. The van der Waals surface area contributed by atoms with Gasteiger partial charge in [-0.2, -0.15) is 0 Å². The Labute approximate surface area is 174 Å². The highest BCUT2D eigenvalue weighted by Gasteiger charge is 2.26. The fraction of sp³-hybridized carbons (Fsp3) is 0.261. The quantitative estimate of drug-likeness (QED) is 0.709. The lowest BCUT2D eigenvalue weighted by Crippen LogP contribution is -2.39. The van der Waals surface area contributed by atoms with Crippen molar-refractivity contribution < 1.29 is 4.79 Å². The zero-order valence-electron chi connectivity index (χ0n) is 16.0. The van der Waals surface area contributed by atoms with Crippen molar-refractivity contribution in [2.75, 3.05) is 13.1 Å². The Morgan fingerprint density at radius 2 is 1.97 bits per heavy atom. The lowest BCUT2D eigenvalue weighted by atomic mass is 9.93. The summed E-state index contributed by atoms with van der Waals surface area (Å²) >= 11 is 5.97. The maximum absolute atomic E-state index is 12.8. The molecule has 1 fully saturated rings. The van der Waals surface area contributed by atoms with Gasteiger partial charge in [0.2, 0.25) is 5.56 Å². The number of rotatable bonds is 4. The van der Waals surface area contributed by atoms with E-state index in [1.54, 1.807) is 6.07 Å². The van der Waals surface area contributed by atoms with Crippen LogP contribution >= 0.6 is 11.6 Å². The van der Waals surface area contributed by atoms with Gasteiger partial charge in [-0.1, -0.05) is 29.8 Å². The first-order valence-electron chi connectivity index (χ1n) is 9.77. The van der Waals surface area contributed by atoms with E-state index in [9.17, 15) is 9.59 Å². The fourth-order valence-electron chi connectivity index (χ4n) is 3.76. The summed E-state index contributed by atoms with van der Waals surface area (Å²) in [5.41, 5.74) is 3.50. The van der Waals surface area contributed by atoms with E-state index in [-0.39, 0.29) is 17.4 Å². The molecule has 1 aliphatic rings. The third kappa shape index (κ3) is 4.74. The molecule has 0 unspecified atom stereocenters. The minimum Gasteiger partial charge on any atom is -0.338 e. The van der Waals surface area contributed by atoms with Crippen LogP contribution in [0.5, 0.6) is 0 Å². The molecule has 4 rings (SSSR count). The number of nitrogens with one attached hydrogen (secondary N) is 1. The number of aromatic nitrogens is 2. The second-order valence-corrected chi connectivity index (χ2v) is 7.83. The van der Waals surface area contributed by atoms with Crippen LogP contribution in [-0.2, 0) is 6.42 Å². The van der Waals surface area contributed by atoms with Crippen molar-refractivity contribution in [2.45, 2.75) is 25.2 Å². The van der Waals surface area contributed by atoms with Gasteiger partial charge < -0.3 is 9.88 Å². The van der Waals surface area contributed by atoms with Gasteiger partial charge in [0.15, 0.2) is 0 Å². The maximum atomic E-state index is 12.8. The van der Waals surface area contributed by atoms with Crippen molar-refractivity contribution in [1.82, 2.24) is 14.9 Å². The van der Waals surface area contributed by atoms with Crippen LogP contribution in [0.2, 0.25) is 5.02 Å². The van der Waals surface area contributed by atoms with E-state index in [4.69, 9.17) is 16.6 Å². The van der Waals surface area contributed by atoms with Crippen LogP contribution in [0.25, 0.3) is 0 Å². The summed E-state index contributed by atoms with van der Waals surface area (Å²) in [5, 5.41) is 0.727. The summed E-state index contributed by atoms with van der Waals surface area (Å²) in [6, 6.07) is 16.9. The van der Waals surface area contributed by atoms with Crippen LogP contribution in [0.15, 0.2) is 65.6 Å². The van der Waals surface area contributed by atoms with E-state index in [0.29, 0.717) is 12.1 Å². The van der Waals surface area contributed by atoms with Crippen molar-refractivity contribution in [3.05, 3.63) is 98.7 Å². The molecule has 5 nitrogen and oxygen atoms in total. The standard InChI is InChI=1S/C23H22ClN3O2/c24-19-9-6-16(7-10-19)13-20-4-1-5-21(26-20)18-3-2-12-27(15-18)23(29)17-8-11-22(28)25-14-17/h1,4-11,14,18H,2-3,12-13,15H2,(H,25,28)/t18-/m0/s1. The predicted octanol–water partition coefficient (Wildman–Crippen LogP) is 4.03. The molecule has 0 bridgehead atoms. The normalized spacial score (nSPS) is 16.6. The second kappa shape index (κ2) is 8.62. The number of piperidine rings is 1. The van der Waals surface area contributed by atoms with Crippen LogP contribution in [0.4, 0.5) is 0 Å². The van der Waals surface area contributed by atoms with Crippen LogP contribution in [0.3, 0.4) is 0 Å². The van der Waals surface area contributed by atoms with Gasteiger partial charge in [0.1, 0.15) is 0 Å². The number of likely N-dealkylation sites (tertiary alicyclic amines) is 1. The van der Waals surface area contributed by atoms with Gasteiger partial charge in [0.25, 0.3) is 5.91 Å². The molecule has 0 saturated carbocycles. The maximum Gasteiger partial charge on any atom is 0.255 e. The third-order valence-corrected chi connectivity index (χ3v) is 5.54. The predicted molar refractivity (Wildman–Crippen MR) is 113 cm³/mol. The van der Waals surface area contributed by atoms with Gasteiger partial charge in [-0.3, -0.25) is 14.6 Å². The molecular weight excluding hydrogens is 386 g/mol. The molecule has 3 aromatic rings. The number of pyridine rings is 2. The highest BCUT2D eigenvalue weighted by Crippen LogP contribution is 2.27. The minimum absolute atomic E-state index is 0.0525. The lowest BCUT2D eigenvalue weighted by molar-refractivity contribution is 0.0705. The van der Waals surface area contributed by atoms with E-state index < -0.39 is 0 Å². The molecule has 2 aromatic heterocycles. The molecule has 0 radical (unpaired) electrons. The van der Waals surface area contributed by atoms with Crippen molar-refractivity contribution >= 4 is 17.5 Å². The number of aromatic amines is 1. The Bertz CT molecular complexity index is 1040. The summed E-state index contributed by atoms with van der Waals surface area (Å²) < 4.78 is 0. The molecule has 1 aromatic carbocycles. The highest BCUT2D eigenvalue weighted by molar-refractivity contribution is 6.30. The Kier molecular flexibility index (Phi) is 5.76. The molecule has 29 heavy (non-hydrogen) atoms. The summed E-state index contributed by atoms with van der Waals surface area (Å²) in [6.07, 6.45) is 4.17. The first-order chi connectivity index (χ1) is 14.1. The molecular formula is C23H22ClN3O2. The molecule has 0 spiro atoms. The van der Waals surface area contributed by atoms with E-state index in [1.807, 2.05) is 47.4 Å². The van der Waals surface area contributed by atoms with Gasteiger partial charge >= 0.3 is 0 Å². The molecule has 6 heteroatoms. The van der Waals surface area contributed by atoms with E-state index in [2.05, 4.69) is 4.98 Å². The van der Waals surface area contributed by atoms with Crippen molar-refractivity contribution in [1.29, 1.82) is 0 Å². The fourth-order valence-corrected chi connectivity index (χ4v) is 3.89. The number of halogens is 1. The van der Waals surface area contributed by atoms with Crippen molar-refractivity contribution in [2.24, 2.45) is 0 Å². The molecule has 1 atom stereocenters. The van der Waals surface area contributed by atoms with Gasteiger partial charge in [0, 0.05) is 54.1 Å². The average molecular weight is 408 g/mol. The van der Waals surface area contributed by atoms with Gasteiger partial charge in [-0.15, -0.1) is 0 Å². The number of carbonyl (C=O) groups is 1. The summed E-state index contributed by atoms with van der Waals surface area (Å²) in [5.74, 6) is 0.156. The number of nitrogens with zero attached hydrogens (tertiary/aromatic N) is 2. The lowest BCUT2D eigenvalue weighted by Gasteiger charge is -2.32. The van der Waals surface area contributed by atoms with Crippen molar-refractivity contribution in [3.63, 3.8) is 0 Å². The average Bonchev–Trinajstić information content (AvgIpc) is 2.76. The highest BCUT2D eigenvalue weighted by atomic mass is 35.5.